The fourth-order valence-corrected chi connectivity index (χ4v) is 3.37. The zero-order valence-corrected chi connectivity index (χ0v) is 21.0. The van der Waals surface area contributed by atoms with Crippen LogP contribution in [0.3, 0.4) is 0 Å². The van der Waals surface area contributed by atoms with Gasteiger partial charge in [0.15, 0.2) is 5.96 Å². The molecule has 0 aromatic heterocycles. The Morgan fingerprint density at radius 3 is 2.52 bits per heavy atom. The van der Waals surface area contributed by atoms with Gasteiger partial charge in [-0.3, -0.25) is 4.99 Å². The highest BCUT2D eigenvalue weighted by molar-refractivity contribution is 14.0. The Bertz CT molecular complexity index is 821. The molecule has 31 heavy (non-hydrogen) atoms. The van der Waals surface area contributed by atoms with Crippen molar-refractivity contribution >= 4 is 29.9 Å². The molecule has 0 spiro atoms. The highest BCUT2D eigenvalue weighted by atomic mass is 127. The summed E-state index contributed by atoms with van der Waals surface area (Å²) in [6.45, 7) is 6.39. The molecule has 1 atom stereocenters. The molecule has 0 aliphatic carbocycles. The molecule has 1 aliphatic rings. The molecular weight excluding hydrogens is 505 g/mol. The van der Waals surface area contributed by atoms with Crippen LogP contribution in [-0.2, 0) is 29.2 Å². The number of rotatable bonds is 9. The molecule has 0 bridgehead atoms. The van der Waals surface area contributed by atoms with Crippen molar-refractivity contribution in [1.82, 2.24) is 10.6 Å². The van der Waals surface area contributed by atoms with Crippen molar-refractivity contribution in [3.8, 4) is 5.75 Å². The molecule has 7 heteroatoms. The third kappa shape index (κ3) is 8.31. The van der Waals surface area contributed by atoms with Gasteiger partial charge in [-0.25, -0.2) is 0 Å². The highest BCUT2D eigenvalue weighted by Gasteiger charge is 2.17. The van der Waals surface area contributed by atoms with Gasteiger partial charge in [-0.05, 0) is 36.1 Å². The third-order valence-electron chi connectivity index (χ3n) is 5.19. The summed E-state index contributed by atoms with van der Waals surface area (Å²) in [7, 11) is 3.49. The van der Waals surface area contributed by atoms with Crippen molar-refractivity contribution in [3.05, 3.63) is 64.7 Å². The number of hydrogen-bond donors (Lipinski definition) is 2. The normalized spacial score (nSPS) is 16.0. The first-order valence-corrected chi connectivity index (χ1v) is 10.5. The van der Waals surface area contributed by atoms with E-state index in [9.17, 15) is 0 Å². The van der Waals surface area contributed by atoms with Crippen LogP contribution in [0.2, 0.25) is 0 Å². The second-order valence-electron chi connectivity index (χ2n) is 7.68. The van der Waals surface area contributed by atoms with E-state index in [1.54, 1.807) is 14.2 Å². The Balaban J connectivity index is 0.00000341. The molecule has 1 aliphatic heterocycles. The molecular formula is C24H34IN3O3. The van der Waals surface area contributed by atoms with E-state index in [1.165, 1.54) is 16.7 Å². The Morgan fingerprint density at radius 2 is 1.84 bits per heavy atom. The largest absolute Gasteiger partial charge is 0.493 e. The molecule has 1 fully saturated rings. The van der Waals surface area contributed by atoms with Gasteiger partial charge in [-0.1, -0.05) is 36.4 Å². The van der Waals surface area contributed by atoms with Crippen molar-refractivity contribution in [3.63, 3.8) is 0 Å². The quantitative estimate of drug-likeness (QED) is 0.286. The molecule has 6 nitrogen and oxygen atoms in total. The lowest BCUT2D eigenvalue weighted by Gasteiger charge is -2.17. The third-order valence-corrected chi connectivity index (χ3v) is 5.19. The summed E-state index contributed by atoms with van der Waals surface area (Å²) in [6.07, 6.45) is 1.07. The minimum Gasteiger partial charge on any atom is -0.493 e. The highest BCUT2D eigenvalue weighted by Crippen LogP contribution is 2.22. The van der Waals surface area contributed by atoms with Gasteiger partial charge >= 0.3 is 0 Å². The summed E-state index contributed by atoms with van der Waals surface area (Å²) in [5.74, 6) is 2.17. The number of nitrogens with one attached hydrogen (secondary N) is 2. The van der Waals surface area contributed by atoms with E-state index in [1.807, 2.05) is 0 Å². The number of aliphatic imine (C=N–C) groups is 1. The topological polar surface area (TPSA) is 64.1 Å². The summed E-state index contributed by atoms with van der Waals surface area (Å²) in [4.78, 5) is 4.34. The molecule has 1 saturated heterocycles. The van der Waals surface area contributed by atoms with E-state index in [0.29, 0.717) is 32.2 Å². The zero-order chi connectivity index (χ0) is 21.2. The average Bonchev–Trinajstić information content (AvgIpc) is 3.28. The first-order chi connectivity index (χ1) is 14.7. The van der Waals surface area contributed by atoms with Crippen molar-refractivity contribution in [1.29, 1.82) is 0 Å². The van der Waals surface area contributed by atoms with Crippen LogP contribution in [0.5, 0.6) is 5.75 Å². The number of ether oxygens (including phenoxy) is 3. The molecule has 1 unspecified atom stereocenters. The lowest BCUT2D eigenvalue weighted by atomic mass is 10.1. The standard InChI is InChI=1S/C24H33N3O3.HI/c1-18-4-9-22(23(12-18)30-17-21-10-11-29-16-21)14-27-24(25-2)26-13-19-5-7-20(8-6-19)15-28-3;/h4-9,12,21H,10-11,13-17H2,1-3H3,(H2,25,26,27);1H. The maximum atomic E-state index is 6.14. The molecule has 2 aromatic rings. The average molecular weight is 539 g/mol. The molecule has 0 radical (unpaired) electrons. The predicted octanol–water partition coefficient (Wildman–Crippen LogP) is 4.04. The van der Waals surface area contributed by atoms with Crippen LogP contribution < -0.4 is 15.4 Å². The van der Waals surface area contributed by atoms with Crippen LogP contribution >= 0.6 is 24.0 Å². The predicted molar refractivity (Wildman–Crippen MR) is 135 cm³/mol. The van der Waals surface area contributed by atoms with Gasteiger partial charge in [0.1, 0.15) is 5.75 Å². The van der Waals surface area contributed by atoms with Gasteiger partial charge in [0.2, 0.25) is 0 Å². The Labute approximate surface area is 202 Å². The number of halogens is 1. The number of hydrogen-bond acceptors (Lipinski definition) is 4. The maximum absolute atomic E-state index is 6.14. The van der Waals surface area contributed by atoms with Gasteiger partial charge in [0, 0.05) is 45.3 Å². The van der Waals surface area contributed by atoms with Gasteiger partial charge < -0.3 is 24.8 Å². The molecule has 3 rings (SSSR count). The first-order valence-electron chi connectivity index (χ1n) is 10.5. The summed E-state index contributed by atoms with van der Waals surface area (Å²) in [5.41, 5.74) is 4.66. The number of guanidine groups is 1. The second-order valence-corrected chi connectivity index (χ2v) is 7.68. The minimum absolute atomic E-state index is 0. The molecule has 0 saturated carbocycles. The number of benzene rings is 2. The van der Waals surface area contributed by atoms with Crippen molar-refractivity contribution in [2.45, 2.75) is 33.0 Å². The van der Waals surface area contributed by atoms with Crippen LogP contribution in [0.1, 0.15) is 28.7 Å². The van der Waals surface area contributed by atoms with Crippen LogP contribution in [0.25, 0.3) is 0 Å². The van der Waals surface area contributed by atoms with Crippen molar-refractivity contribution in [2.24, 2.45) is 10.9 Å². The number of nitrogens with zero attached hydrogens (tertiary/aromatic N) is 1. The number of aryl methyl sites for hydroxylation is 1. The van der Waals surface area contributed by atoms with E-state index >= 15 is 0 Å². The summed E-state index contributed by atoms with van der Waals surface area (Å²) in [5, 5.41) is 6.75. The Morgan fingerprint density at radius 1 is 1.10 bits per heavy atom. The summed E-state index contributed by atoms with van der Waals surface area (Å²) in [6, 6.07) is 14.7. The van der Waals surface area contributed by atoms with Crippen LogP contribution in [0.4, 0.5) is 0 Å². The van der Waals surface area contributed by atoms with Gasteiger partial charge in [0.05, 0.1) is 19.8 Å². The summed E-state index contributed by atoms with van der Waals surface area (Å²) >= 11 is 0. The van der Waals surface area contributed by atoms with Crippen LogP contribution in [-0.4, -0.2) is 39.9 Å². The van der Waals surface area contributed by atoms with E-state index in [-0.39, 0.29) is 24.0 Å². The fraction of sp³-hybridized carbons (Fsp3) is 0.458. The van der Waals surface area contributed by atoms with Crippen LogP contribution in [0, 0.1) is 12.8 Å². The van der Waals surface area contributed by atoms with E-state index in [4.69, 9.17) is 14.2 Å². The minimum atomic E-state index is 0. The fourth-order valence-electron chi connectivity index (χ4n) is 3.37. The number of methoxy groups -OCH3 is 1. The van der Waals surface area contributed by atoms with E-state index in [2.05, 4.69) is 65.0 Å². The van der Waals surface area contributed by atoms with Gasteiger partial charge in [-0.15, -0.1) is 24.0 Å². The van der Waals surface area contributed by atoms with Gasteiger partial charge in [-0.2, -0.15) is 0 Å². The zero-order valence-electron chi connectivity index (χ0n) is 18.6. The molecule has 0 amide bonds. The van der Waals surface area contributed by atoms with Crippen LogP contribution in [0.15, 0.2) is 47.5 Å². The second kappa shape index (κ2) is 13.5. The Hall–Kier alpha value is -1.84. The lowest BCUT2D eigenvalue weighted by molar-refractivity contribution is 0.166. The first kappa shape index (κ1) is 25.4. The summed E-state index contributed by atoms with van der Waals surface area (Å²) < 4.78 is 16.7. The monoisotopic (exact) mass is 539 g/mol. The molecule has 170 valence electrons. The van der Waals surface area contributed by atoms with E-state index < -0.39 is 0 Å². The van der Waals surface area contributed by atoms with Crippen molar-refractivity contribution in [2.75, 3.05) is 34.0 Å². The Kier molecular flexibility index (Phi) is 11.1. The molecule has 1 heterocycles. The lowest BCUT2D eigenvalue weighted by Crippen LogP contribution is -2.36. The molecule has 2 N–H and O–H groups in total. The van der Waals surface area contributed by atoms with Gasteiger partial charge in [0.25, 0.3) is 0 Å². The van der Waals surface area contributed by atoms with Crippen molar-refractivity contribution < 1.29 is 14.2 Å². The maximum Gasteiger partial charge on any atom is 0.191 e. The molecule has 2 aromatic carbocycles. The van der Waals surface area contributed by atoms with E-state index in [0.717, 1.165) is 36.9 Å². The SMILES string of the molecule is CN=C(NCc1ccc(COC)cc1)NCc1ccc(C)cc1OCC1CCOC1.I. The smallest absolute Gasteiger partial charge is 0.191 e.